The molecule has 5 heteroatoms. The normalized spacial score (nSPS) is 11.3. The summed E-state index contributed by atoms with van der Waals surface area (Å²) in [7, 11) is -1.58. The van der Waals surface area contributed by atoms with Crippen LogP contribution in [0.5, 0.6) is 0 Å². The van der Waals surface area contributed by atoms with Gasteiger partial charge in [-0.05, 0) is 12.1 Å². The molecule has 1 aromatic rings. The summed E-state index contributed by atoms with van der Waals surface area (Å²) in [6.45, 7) is 0. The molecule has 0 amide bonds. The summed E-state index contributed by atoms with van der Waals surface area (Å²) in [5, 5.41) is 3.17. The van der Waals surface area contributed by atoms with Crippen molar-refractivity contribution in [2.24, 2.45) is 0 Å². The predicted molar refractivity (Wildman–Crippen MR) is 54.1 cm³/mol. The molecule has 0 aliphatic rings. The molecular weight excluding hydrogens is 210 g/mol. The van der Waals surface area contributed by atoms with Crippen LogP contribution in [0.2, 0.25) is 5.02 Å². The minimum atomic E-state index is -3.22. The summed E-state index contributed by atoms with van der Waals surface area (Å²) in [6.07, 6.45) is 1.15. The van der Waals surface area contributed by atoms with Gasteiger partial charge in [-0.1, -0.05) is 17.7 Å². The Morgan fingerprint density at radius 3 is 2.38 bits per heavy atom. The first kappa shape index (κ1) is 10.3. The molecule has 72 valence electrons. The number of rotatable bonds is 2. The molecule has 0 spiro atoms. The van der Waals surface area contributed by atoms with Gasteiger partial charge in [0.05, 0.1) is 15.6 Å². The highest BCUT2D eigenvalue weighted by molar-refractivity contribution is 7.90. The number of hydrogen-bond acceptors (Lipinski definition) is 3. The molecule has 0 fully saturated rings. The molecular formula is C8H10ClNO2S. The molecule has 0 aliphatic heterocycles. The lowest BCUT2D eigenvalue weighted by Gasteiger charge is -2.08. The van der Waals surface area contributed by atoms with Crippen LogP contribution in [0, 0.1) is 0 Å². The van der Waals surface area contributed by atoms with Crippen LogP contribution < -0.4 is 5.32 Å². The van der Waals surface area contributed by atoms with Crippen LogP contribution in [0.1, 0.15) is 0 Å². The Morgan fingerprint density at radius 1 is 1.38 bits per heavy atom. The molecule has 0 radical (unpaired) electrons. The Kier molecular flexibility index (Phi) is 2.83. The van der Waals surface area contributed by atoms with Crippen LogP contribution >= 0.6 is 11.6 Å². The number of sulfone groups is 1. The van der Waals surface area contributed by atoms with Crippen LogP contribution in [-0.4, -0.2) is 21.7 Å². The topological polar surface area (TPSA) is 46.2 Å². The second-order valence-corrected chi connectivity index (χ2v) is 5.03. The molecule has 13 heavy (non-hydrogen) atoms. The Bertz CT molecular complexity index is 414. The highest BCUT2D eigenvalue weighted by Crippen LogP contribution is 2.28. The van der Waals surface area contributed by atoms with Crippen LogP contribution in [0.4, 0.5) is 5.69 Å². The largest absolute Gasteiger partial charge is 0.386 e. The predicted octanol–water partition coefficient (Wildman–Crippen LogP) is 1.79. The molecule has 0 aromatic heterocycles. The first-order valence-corrected chi connectivity index (χ1v) is 5.90. The lowest BCUT2D eigenvalue weighted by molar-refractivity contribution is 0.602. The van der Waals surface area contributed by atoms with Gasteiger partial charge in [0.25, 0.3) is 0 Å². The highest BCUT2D eigenvalue weighted by atomic mass is 35.5. The molecule has 0 unspecified atom stereocenters. The number of nitrogens with one attached hydrogen (secondary N) is 1. The van der Waals surface area contributed by atoms with Crippen molar-refractivity contribution in [2.45, 2.75) is 4.90 Å². The average molecular weight is 220 g/mol. The second kappa shape index (κ2) is 3.55. The number of benzene rings is 1. The van der Waals surface area contributed by atoms with E-state index in [4.69, 9.17) is 11.6 Å². The average Bonchev–Trinajstić information content (AvgIpc) is 2.02. The van der Waals surface area contributed by atoms with Crippen molar-refractivity contribution >= 4 is 27.1 Å². The number of anilines is 1. The van der Waals surface area contributed by atoms with E-state index in [0.29, 0.717) is 10.7 Å². The summed E-state index contributed by atoms with van der Waals surface area (Å²) >= 11 is 5.81. The maximum atomic E-state index is 11.3. The van der Waals surface area contributed by atoms with Crippen molar-refractivity contribution in [3.8, 4) is 0 Å². The number of hydrogen-bond donors (Lipinski definition) is 1. The van der Waals surface area contributed by atoms with Crippen LogP contribution in [0.25, 0.3) is 0 Å². The van der Waals surface area contributed by atoms with E-state index in [1.54, 1.807) is 19.2 Å². The Morgan fingerprint density at radius 2 is 2.00 bits per heavy atom. The molecule has 1 N–H and O–H groups in total. The minimum Gasteiger partial charge on any atom is -0.386 e. The zero-order chi connectivity index (χ0) is 10.1. The molecule has 0 atom stereocenters. The third-order valence-corrected chi connectivity index (χ3v) is 3.08. The molecule has 0 saturated heterocycles. The molecule has 0 saturated carbocycles. The molecule has 0 aliphatic carbocycles. The van der Waals surface area contributed by atoms with Gasteiger partial charge in [-0.2, -0.15) is 0 Å². The second-order valence-electron chi connectivity index (χ2n) is 2.64. The summed E-state index contributed by atoms with van der Waals surface area (Å²) < 4.78 is 22.5. The van der Waals surface area contributed by atoms with E-state index in [1.165, 1.54) is 6.07 Å². The van der Waals surface area contributed by atoms with Crippen molar-refractivity contribution in [2.75, 3.05) is 18.6 Å². The number of halogens is 1. The van der Waals surface area contributed by atoms with E-state index < -0.39 is 9.84 Å². The molecule has 1 rings (SSSR count). The van der Waals surface area contributed by atoms with Gasteiger partial charge in [-0.15, -0.1) is 0 Å². The third-order valence-electron chi connectivity index (χ3n) is 1.62. The van der Waals surface area contributed by atoms with Gasteiger partial charge in [-0.25, -0.2) is 8.42 Å². The minimum absolute atomic E-state index is 0.225. The van der Waals surface area contributed by atoms with Crippen molar-refractivity contribution < 1.29 is 8.42 Å². The highest BCUT2D eigenvalue weighted by Gasteiger charge is 2.13. The Hall–Kier alpha value is -0.740. The zero-order valence-electron chi connectivity index (χ0n) is 7.33. The van der Waals surface area contributed by atoms with E-state index >= 15 is 0 Å². The van der Waals surface area contributed by atoms with Gasteiger partial charge < -0.3 is 5.32 Å². The van der Waals surface area contributed by atoms with Gasteiger partial charge in [0, 0.05) is 13.3 Å². The zero-order valence-corrected chi connectivity index (χ0v) is 8.91. The lowest BCUT2D eigenvalue weighted by atomic mass is 10.3. The van der Waals surface area contributed by atoms with Crippen molar-refractivity contribution in [1.29, 1.82) is 0 Å². The molecule has 0 bridgehead atoms. The first-order valence-electron chi connectivity index (χ1n) is 3.63. The van der Waals surface area contributed by atoms with Crippen LogP contribution in [0.15, 0.2) is 23.1 Å². The fourth-order valence-electron chi connectivity index (χ4n) is 1.06. The van der Waals surface area contributed by atoms with Gasteiger partial charge in [0.2, 0.25) is 0 Å². The van der Waals surface area contributed by atoms with E-state index in [1.807, 2.05) is 0 Å². The van der Waals surface area contributed by atoms with E-state index in [9.17, 15) is 8.42 Å². The molecule has 3 nitrogen and oxygen atoms in total. The van der Waals surface area contributed by atoms with Crippen molar-refractivity contribution in [3.63, 3.8) is 0 Å². The fraction of sp³-hybridized carbons (Fsp3) is 0.250. The van der Waals surface area contributed by atoms with Crippen LogP contribution in [-0.2, 0) is 9.84 Å². The lowest BCUT2D eigenvalue weighted by Crippen LogP contribution is -2.02. The smallest absolute Gasteiger partial charge is 0.177 e. The van der Waals surface area contributed by atoms with Crippen LogP contribution in [0.3, 0.4) is 0 Å². The number of para-hydroxylation sites is 1. The van der Waals surface area contributed by atoms with Gasteiger partial charge in [-0.3, -0.25) is 0 Å². The summed E-state index contributed by atoms with van der Waals surface area (Å²) in [5.41, 5.74) is 0.451. The van der Waals surface area contributed by atoms with Crippen molar-refractivity contribution in [3.05, 3.63) is 23.2 Å². The van der Waals surface area contributed by atoms with Gasteiger partial charge >= 0.3 is 0 Å². The quantitative estimate of drug-likeness (QED) is 0.825. The standard InChI is InChI=1S/C8H10ClNO2S/c1-10-8-6(9)4-3-5-7(8)13(2,11)12/h3-5,10H,1-2H3. The Balaban J connectivity index is 3.47. The maximum absolute atomic E-state index is 11.3. The van der Waals surface area contributed by atoms with Crippen molar-refractivity contribution in [1.82, 2.24) is 0 Å². The monoisotopic (exact) mass is 219 g/mol. The maximum Gasteiger partial charge on any atom is 0.177 e. The Labute approximate surface area is 82.6 Å². The van der Waals surface area contributed by atoms with E-state index in [2.05, 4.69) is 5.32 Å². The molecule has 0 heterocycles. The van der Waals surface area contributed by atoms with E-state index in [-0.39, 0.29) is 4.90 Å². The first-order chi connectivity index (χ1) is 5.96. The van der Waals surface area contributed by atoms with Gasteiger partial charge in [0.1, 0.15) is 0 Å². The van der Waals surface area contributed by atoms with E-state index in [0.717, 1.165) is 6.26 Å². The van der Waals surface area contributed by atoms with Gasteiger partial charge in [0.15, 0.2) is 9.84 Å². The summed E-state index contributed by atoms with van der Waals surface area (Å²) in [5.74, 6) is 0. The molecule has 1 aromatic carbocycles. The third kappa shape index (κ3) is 2.14. The summed E-state index contributed by atoms with van der Waals surface area (Å²) in [4.78, 5) is 0.225. The fourth-order valence-corrected chi connectivity index (χ4v) is 2.29. The summed E-state index contributed by atoms with van der Waals surface area (Å²) in [6, 6.07) is 4.77. The SMILES string of the molecule is CNc1c(Cl)cccc1S(C)(=O)=O.